The minimum Gasteiger partial charge on any atom is -0.508 e. The lowest BCUT2D eigenvalue weighted by Gasteiger charge is -2.26. The van der Waals surface area contributed by atoms with Crippen molar-refractivity contribution >= 4 is 5.91 Å². The summed E-state index contributed by atoms with van der Waals surface area (Å²) in [5.41, 5.74) is 1.42. The fourth-order valence-electron chi connectivity index (χ4n) is 2.78. The van der Waals surface area contributed by atoms with Crippen LogP contribution in [0.2, 0.25) is 0 Å². The fraction of sp³-hybridized carbons (Fsp3) is 0.533. The summed E-state index contributed by atoms with van der Waals surface area (Å²) in [5.74, 6) is 0.177. The number of carbonyl (C=O) groups is 1. The van der Waals surface area contributed by atoms with Crippen molar-refractivity contribution in [3.63, 3.8) is 0 Å². The van der Waals surface area contributed by atoms with Gasteiger partial charge in [-0.05, 0) is 56.9 Å². The lowest BCUT2D eigenvalue weighted by atomic mass is 10.0. The fourth-order valence-corrected chi connectivity index (χ4v) is 2.78. The molecule has 0 spiro atoms. The van der Waals surface area contributed by atoms with Crippen molar-refractivity contribution in [1.82, 2.24) is 4.90 Å². The van der Waals surface area contributed by atoms with Gasteiger partial charge in [0.05, 0.1) is 6.10 Å². The third kappa shape index (κ3) is 3.07. The van der Waals surface area contributed by atoms with Crippen LogP contribution < -0.4 is 0 Å². The summed E-state index contributed by atoms with van der Waals surface area (Å²) in [7, 11) is 0. The minimum atomic E-state index is -0.390. The van der Waals surface area contributed by atoms with E-state index in [1.807, 2.05) is 11.8 Å². The molecule has 0 radical (unpaired) electrons. The molecule has 0 aliphatic carbocycles. The number of rotatable bonds is 3. The number of nitrogens with zero attached hydrogens (tertiary/aromatic N) is 1. The number of carbonyl (C=O) groups excluding carboxylic acids is 1. The molecule has 4 heteroatoms. The van der Waals surface area contributed by atoms with E-state index in [1.165, 1.54) is 0 Å². The first-order valence-electron chi connectivity index (χ1n) is 6.77. The van der Waals surface area contributed by atoms with Crippen LogP contribution >= 0.6 is 0 Å². The third-order valence-electron chi connectivity index (χ3n) is 3.69. The number of aliphatic hydroxyl groups excluding tert-OH is 1. The van der Waals surface area contributed by atoms with E-state index in [4.69, 9.17) is 0 Å². The molecule has 1 heterocycles. The predicted molar refractivity (Wildman–Crippen MR) is 73.2 cm³/mol. The number of hydrogen-bond acceptors (Lipinski definition) is 3. The van der Waals surface area contributed by atoms with Crippen LogP contribution in [0.1, 0.15) is 42.1 Å². The van der Waals surface area contributed by atoms with Crippen molar-refractivity contribution < 1.29 is 15.0 Å². The van der Waals surface area contributed by atoms with Crippen molar-refractivity contribution in [3.05, 3.63) is 29.3 Å². The molecule has 1 aliphatic heterocycles. The molecule has 1 aromatic carbocycles. The number of aromatic hydroxyl groups is 1. The minimum absolute atomic E-state index is 0.000602. The van der Waals surface area contributed by atoms with Crippen molar-refractivity contribution in [2.24, 2.45) is 0 Å². The molecule has 0 bridgehead atoms. The summed E-state index contributed by atoms with van der Waals surface area (Å²) in [6, 6.07) is 4.94. The number of aliphatic hydroxyl groups is 1. The highest BCUT2D eigenvalue weighted by atomic mass is 16.3. The van der Waals surface area contributed by atoms with Crippen LogP contribution in [0.15, 0.2) is 18.2 Å². The predicted octanol–water partition coefficient (Wildman–Crippen LogP) is 2.08. The first kappa shape index (κ1) is 13.9. The number of hydrogen-bond donors (Lipinski definition) is 2. The molecule has 104 valence electrons. The van der Waals surface area contributed by atoms with Crippen molar-refractivity contribution in [2.75, 3.05) is 6.54 Å². The van der Waals surface area contributed by atoms with Crippen molar-refractivity contribution in [1.29, 1.82) is 0 Å². The van der Waals surface area contributed by atoms with E-state index in [0.29, 0.717) is 12.0 Å². The zero-order valence-electron chi connectivity index (χ0n) is 11.5. The van der Waals surface area contributed by atoms with Crippen LogP contribution in [0.5, 0.6) is 5.75 Å². The zero-order chi connectivity index (χ0) is 14.0. The van der Waals surface area contributed by atoms with Gasteiger partial charge < -0.3 is 15.1 Å². The molecule has 0 saturated carbocycles. The highest BCUT2D eigenvalue weighted by Gasteiger charge is 2.30. The summed E-state index contributed by atoms with van der Waals surface area (Å²) < 4.78 is 0. The lowest BCUT2D eigenvalue weighted by Crippen LogP contribution is -2.37. The monoisotopic (exact) mass is 263 g/mol. The Morgan fingerprint density at radius 3 is 2.89 bits per heavy atom. The maximum absolute atomic E-state index is 12.5. The molecular weight excluding hydrogens is 242 g/mol. The highest BCUT2D eigenvalue weighted by Crippen LogP contribution is 2.25. The Labute approximate surface area is 113 Å². The number of aryl methyl sites for hydroxylation is 1. The number of phenolic OH excluding ortho intramolecular Hbond substituents is 1. The summed E-state index contributed by atoms with van der Waals surface area (Å²) in [6.45, 7) is 4.33. The van der Waals surface area contributed by atoms with Gasteiger partial charge in [-0.3, -0.25) is 4.79 Å². The Balaban J connectivity index is 2.18. The molecule has 2 atom stereocenters. The zero-order valence-corrected chi connectivity index (χ0v) is 11.5. The van der Waals surface area contributed by atoms with Gasteiger partial charge in [0.15, 0.2) is 0 Å². The largest absolute Gasteiger partial charge is 0.508 e. The van der Waals surface area contributed by atoms with Gasteiger partial charge in [0, 0.05) is 18.2 Å². The molecule has 1 fully saturated rings. The maximum atomic E-state index is 12.5. The quantitative estimate of drug-likeness (QED) is 0.877. The Morgan fingerprint density at radius 2 is 2.26 bits per heavy atom. The summed E-state index contributed by atoms with van der Waals surface area (Å²) in [4.78, 5) is 14.4. The molecule has 2 unspecified atom stereocenters. The molecule has 2 N–H and O–H groups in total. The van der Waals surface area contributed by atoms with Gasteiger partial charge in [-0.1, -0.05) is 0 Å². The Kier molecular flexibility index (Phi) is 4.10. The number of benzene rings is 1. The van der Waals surface area contributed by atoms with E-state index >= 15 is 0 Å². The molecule has 1 saturated heterocycles. The number of likely N-dealkylation sites (tertiary alicyclic amines) is 1. The van der Waals surface area contributed by atoms with Crippen LogP contribution in [0.25, 0.3) is 0 Å². The Morgan fingerprint density at radius 1 is 1.53 bits per heavy atom. The van der Waals surface area contributed by atoms with Crippen molar-refractivity contribution in [3.8, 4) is 5.75 Å². The normalized spacial score (nSPS) is 20.6. The lowest BCUT2D eigenvalue weighted by molar-refractivity contribution is 0.0681. The van der Waals surface area contributed by atoms with Gasteiger partial charge in [-0.25, -0.2) is 0 Å². The maximum Gasteiger partial charge on any atom is 0.254 e. The van der Waals surface area contributed by atoms with Crippen LogP contribution in [0.4, 0.5) is 0 Å². The molecule has 1 amide bonds. The van der Waals surface area contributed by atoms with E-state index in [9.17, 15) is 15.0 Å². The van der Waals surface area contributed by atoms with Gasteiger partial charge in [-0.2, -0.15) is 0 Å². The SMILES string of the molecule is Cc1cc(O)ccc1C(=O)N1CCCC1CC(C)O. The van der Waals surface area contributed by atoms with Crippen LogP contribution in [-0.2, 0) is 0 Å². The molecule has 4 nitrogen and oxygen atoms in total. The molecule has 1 aromatic rings. The second kappa shape index (κ2) is 5.61. The standard InChI is InChI=1S/C15H21NO3/c1-10-8-13(18)5-6-14(10)15(19)16-7-3-4-12(16)9-11(2)17/h5-6,8,11-12,17-18H,3-4,7,9H2,1-2H3. The number of amides is 1. The molecule has 0 aromatic heterocycles. The third-order valence-corrected chi connectivity index (χ3v) is 3.69. The van der Waals surface area contributed by atoms with Gasteiger partial charge in [0.25, 0.3) is 5.91 Å². The van der Waals surface area contributed by atoms with Crippen LogP contribution in [-0.4, -0.2) is 39.7 Å². The molecule has 1 aliphatic rings. The van der Waals surface area contributed by atoms with E-state index < -0.39 is 0 Å². The van der Waals surface area contributed by atoms with Gasteiger partial charge >= 0.3 is 0 Å². The van der Waals surface area contributed by atoms with Gasteiger partial charge in [0.1, 0.15) is 5.75 Å². The second-order valence-electron chi connectivity index (χ2n) is 5.38. The van der Waals surface area contributed by atoms with E-state index in [-0.39, 0.29) is 23.8 Å². The Bertz CT molecular complexity index is 470. The number of phenols is 1. The van der Waals surface area contributed by atoms with Crippen LogP contribution in [0.3, 0.4) is 0 Å². The van der Waals surface area contributed by atoms with E-state index in [2.05, 4.69) is 0 Å². The van der Waals surface area contributed by atoms with Crippen molar-refractivity contribution in [2.45, 2.75) is 45.3 Å². The highest BCUT2D eigenvalue weighted by molar-refractivity contribution is 5.96. The smallest absolute Gasteiger partial charge is 0.254 e. The second-order valence-corrected chi connectivity index (χ2v) is 5.38. The van der Waals surface area contributed by atoms with E-state index in [1.54, 1.807) is 25.1 Å². The average Bonchev–Trinajstić information content (AvgIpc) is 2.75. The average molecular weight is 263 g/mol. The summed E-state index contributed by atoms with van der Waals surface area (Å²) in [5, 5.41) is 18.9. The van der Waals surface area contributed by atoms with Crippen LogP contribution in [0, 0.1) is 6.92 Å². The molecule has 2 rings (SSSR count). The summed E-state index contributed by atoms with van der Waals surface area (Å²) in [6.07, 6.45) is 2.18. The topological polar surface area (TPSA) is 60.8 Å². The molecular formula is C15H21NO3. The van der Waals surface area contributed by atoms with Gasteiger partial charge in [-0.15, -0.1) is 0 Å². The van der Waals surface area contributed by atoms with Gasteiger partial charge in [0.2, 0.25) is 0 Å². The first-order valence-corrected chi connectivity index (χ1v) is 6.77. The molecule has 19 heavy (non-hydrogen) atoms. The summed E-state index contributed by atoms with van der Waals surface area (Å²) >= 11 is 0. The van der Waals surface area contributed by atoms with E-state index in [0.717, 1.165) is 24.9 Å². The Hall–Kier alpha value is -1.55. The first-order chi connectivity index (χ1) is 8.99.